The van der Waals surface area contributed by atoms with Gasteiger partial charge in [-0.1, -0.05) is 37.3 Å². The van der Waals surface area contributed by atoms with E-state index in [0.717, 1.165) is 5.88 Å². The van der Waals surface area contributed by atoms with E-state index < -0.39 is 0 Å². The lowest BCUT2D eigenvalue weighted by Gasteiger charge is -2.13. The van der Waals surface area contributed by atoms with Crippen molar-refractivity contribution in [3.8, 4) is 0 Å². The molecule has 0 spiro atoms. The van der Waals surface area contributed by atoms with Crippen LogP contribution in [-0.2, 0) is 0 Å². The van der Waals surface area contributed by atoms with Crippen molar-refractivity contribution in [3.63, 3.8) is 0 Å². The molecule has 2 heteroatoms. The molecule has 1 unspecified atom stereocenters. The fraction of sp³-hybridized carbons (Fsp3) is 0.500. The molecule has 0 fully saturated rings. The molecule has 0 nitrogen and oxygen atoms in total. The minimum atomic E-state index is 0.525. The molecule has 0 aliphatic carbocycles. The molecule has 1 aromatic carbocycles. The standard InChI is InChI=1S/C12H17ClS/c1-2-14-9-8-12(10-13)11-6-4-3-5-7-11/h3-7,12H,2,8-10H2,1H3. The molecule has 0 aliphatic heterocycles. The number of halogens is 1. The summed E-state index contributed by atoms with van der Waals surface area (Å²) in [5.74, 6) is 3.66. The predicted octanol–water partition coefficient (Wildman–Crippen LogP) is 4.15. The summed E-state index contributed by atoms with van der Waals surface area (Å²) in [5.41, 5.74) is 1.37. The van der Waals surface area contributed by atoms with Gasteiger partial charge in [0.15, 0.2) is 0 Å². The van der Waals surface area contributed by atoms with Gasteiger partial charge >= 0.3 is 0 Å². The molecule has 0 bridgehead atoms. The van der Waals surface area contributed by atoms with Gasteiger partial charge in [-0.15, -0.1) is 11.6 Å². The Morgan fingerprint density at radius 1 is 1.29 bits per heavy atom. The summed E-state index contributed by atoms with van der Waals surface area (Å²) in [4.78, 5) is 0. The van der Waals surface area contributed by atoms with E-state index in [1.165, 1.54) is 23.5 Å². The van der Waals surface area contributed by atoms with E-state index >= 15 is 0 Å². The van der Waals surface area contributed by atoms with Crippen molar-refractivity contribution in [2.24, 2.45) is 0 Å². The summed E-state index contributed by atoms with van der Waals surface area (Å²) in [6.45, 7) is 2.20. The first kappa shape index (κ1) is 11.9. The number of hydrogen-bond acceptors (Lipinski definition) is 1. The third kappa shape index (κ3) is 3.93. The zero-order valence-corrected chi connectivity index (χ0v) is 10.2. The topological polar surface area (TPSA) is 0 Å². The summed E-state index contributed by atoms with van der Waals surface area (Å²) >= 11 is 7.96. The molecule has 0 saturated carbocycles. The second-order valence-corrected chi connectivity index (χ2v) is 4.95. The van der Waals surface area contributed by atoms with Gasteiger partial charge in [-0.3, -0.25) is 0 Å². The van der Waals surface area contributed by atoms with Crippen LogP contribution < -0.4 is 0 Å². The molecule has 1 rings (SSSR count). The molecule has 14 heavy (non-hydrogen) atoms. The van der Waals surface area contributed by atoms with Crippen LogP contribution in [0.15, 0.2) is 30.3 Å². The molecule has 0 saturated heterocycles. The maximum Gasteiger partial charge on any atom is 0.0292 e. The maximum absolute atomic E-state index is 5.97. The lowest BCUT2D eigenvalue weighted by Crippen LogP contribution is -2.01. The first-order valence-corrected chi connectivity index (χ1v) is 6.76. The molecule has 1 atom stereocenters. The van der Waals surface area contributed by atoms with E-state index in [1.54, 1.807) is 0 Å². The highest BCUT2D eigenvalue weighted by molar-refractivity contribution is 7.99. The van der Waals surface area contributed by atoms with Crippen LogP contribution in [0.5, 0.6) is 0 Å². The van der Waals surface area contributed by atoms with Gasteiger partial charge in [-0.05, 0) is 29.4 Å². The minimum absolute atomic E-state index is 0.525. The van der Waals surface area contributed by atoms with Crippen LogP contribution in [0.1, 0.15) is 24.8 Å². The van der Waals surface area contributed by atoms with Crippen molar-refractivity contribution in [1.29, 1.82) is 0 Å². The molecule has 0 N–H and O–H groups in total. The van der Waals surface area contributed by atoms with Crippen molar-refractivity contribution < 1.29 is 0 Å². The summed E-state index contributed by atoms with van der Waals surface area (Å²) in [5, 5.41) is 0. The van der Waals surface area contributed by atoms with Crippen molar-refractivity contribution in [1.82, 2.24) is 0 Å². The molecule has 0 radical (unpaired) electrons. The van der Waals surface area contributed by atoms with Crippen LogP contribution in [0.25, 0.3) is 0 Å². The van der Waals surface area contributed by atoms with Gasteiger partial charge in [0.2, 0.25) is 0 Å². The second kappa shape index (κ2) is 7.19. The van der Waals surface area contributed by atoms with Gasteiger partial charge in [0.05, 0.1) is 0 Å². The van der Waals surface area contributed by atoms with Crippen LogP contribution >= 0.6 is 23.4 Å². The van der Waals surface area contributed by atoms with Gasteiger partial charge in [-0.25, -0.2) is 0 Å². The molecule has 0 heterocycles. The summed E-state index contributed by atoms with van der Waals surface area (Å²) in [6, 6.07) is 10.6. The average molecular weight is 229 g/mol. The third-order valence-corrected chi connectivity index (χ3v) is 3.58. The van der Waals surface area contributed by atoms with Crippen molar-refractivity contribution >= 4 is 23.4 Å². The average Bonchev–Trinajstić information content (AvgIpc) is 2.26. The van der Waals surface area contributed by atoms with E-state index in [1.807, 2.05) is 11.8 Å². The molecule has 78 valence electrons. The van der Waals surface area contributed by atoms with E-state index in [4.69, 9.17) is 11.6 Å². The van der Waals surface area contributed by atoms with Gasteiger partial charge in [0, 0.05) is 5.88 Å². The Balaban J connectivity index is 2.46. The fourth-order valence-corrected chi connectivity index (χ4v) is 2.50. The molecule has 1 aromatic rings. The fourth-order valence-electron chi connectivity index (χ4n) is 1.43. The highest BCUT2D eigenvalue weighted by Crippen LogP contribution is 2.22. The van der Waals surface area contributed by atoms with Crippen LogP contribution in [0.3, 0.4) is 0 Å². The third-order valence-electron chi connectivity index (χ3n) is 2.27. The number of thioether (sulfide) groups is 1. The lowest BCUT2D eigenvalue weighted by atomic mass is 9.99. The SMILES string of the molecule is CCSCCC(CCl)c1ccccc1. The number of benzene rings is 1. The van der Waals surface area contributed by atoms with Gasteiger partial charge < -0.3 is 0 Å². The maximum atomic E-state index is 5.97. The Bertz CT molecular complexity index is 235. The highest BCUT2D eigenvalue weighted by Gasteiger charge is 2.08. The minimum Gasteiger partial charge on any atom is -0.162 e. The summed E-state index contributed by atoms with van der Waals surface area (Å²) in [6.07, 6.45) is 1.19. The Kier molecular flexibility index (Phi) is 6.13. The first-order valence-electron chi connectivity index (χ1n) is 5.07. The van der Waals surface area contributed by atoms with E-state index in [2.05, 4.69) is 37.3 Å². The Hall–Kier alpha value is -0.140. The number of rotatable bonds is 6. The molecule has 0 aromatic heterocycles. The molecule has 0 amide bonds. The van der Waals surface area contributed by atoms with Crippen molar-refractivity contribution in [2.75, 3.05) is 17.4 Å². The van der Waals surface area contributed by atoms with Gasteiger partial charge in [0.1, 0.15) is 0 Å². The number of hydrogen-bond donors (Lipinski definition) is 0. The second-order valence-electron chi connectivity index (χ2n) is 3.25. The van der Waals surface area contributed by atoms with Gasteiger partial charge in [-0.2, -0.15) is 11.8 Å². The molecular weight excluding hydrogens is 212 g/mol. The number of alkyl halides is 1. The van der Waals surface area contributed by atoms with E-state index in [-0.39, 0.29) is 0 Å². The molecular formula is C12H17ClS. The van der Waals surface area contributed by atoms with Crippen molar-refractivity contribution in [2.45, 2.75) is 19.3 Å². The highest BCUT2D eigenvalue weighted by atomic mass is 35.5. The zero-order chi connectivity index (χ0) is 10.2. The van der Waals surface area contributed by atoms with E-state index in [0.29, 0.717) is 5.92 Å². The van der Waals surface area contributed by atoms with Gasteiger partial charge in [0.25, 0.3) is 0 Å². The first-order chi connectivity index (χ1) is 6.88. The van der Waals surface area contributed by atoms with Crippen LogP contribution in [0.4, 0.5) is 0 Å². The predicted molar refractivity (Wildman–Crippen MR) is 67.5 cm³/mol. The van der Waals surface area contributed by atoms with Crippen LogP contribution in [-0.4, -0.2) is 17.4 Å². The monoisotopic (exact) mass is 228 g/mol. The zero-order valence-electron chi connectivity index (χ0n) is 8.58. The Morgan fingerprint density at radius 2 is 2.00 bits per heavy atom. The quantitative estimate of drug-likeness (QED) is 0.521. The lowest BCUT2D eigenvalue weighted by molar-refractivity contribution is 0.748. The van der Waals surface area contributed by atoms with Crippen LogP contribution in [0, 0.1) is 0 Å². The largest absolute Gasteiger partial charge is 0.162 e. The van der Waals surface area contributed by atoms with Crippen molar-refractivity contribution in [3.05, 3.63) is 35.9 Å². The smallest absolute Gasteiger partial charge is 0.0292 e. The van der Waals surface area contributed by atoms with E-state index in [9.17, 15) is 0 Å². The summed E-state index contributed by atoms with van der Waals surface area (Å²) in [7, 11) is 0. The van der Waals surface area contributed by atoms with Crippen LogP contribution in [0.2, 0.25) is 0 Å². The Labute approximate surface area is 96.0 Å². The molecule has 0 aliphatic rings. The Morgan fingerprint density at radius 3 is 2.57 bits per heavy atom. The summed E-state index contributed by atoms with van der Waals surface area (Å²) < 4.78 is 0. The normalized spacial score (nSPS) is 12.7.